The van der Waals surface area contributed by atoms with Gasteiger partial charge in [0.25, 0.3) is 0 Å². The monoisotopic (exact) mass is 252 g/mol. The lowest BCUT2D eigenvalue weighted by Crippen LogP contribution is -2.44. The van der Waals surface area contributed by atoms with E-state index in [4.69, 9.17) is 4.74 Å². The Balaban J connectivity index is 1.73. The summed E-state index contributed by atoms with van der Waals surface area (Å²) in [6, 6.07) is 1.97. The maximum Gasteiger partial charge on any atom is 0.236 e. The number of carbonyl (C=O) groups excluding carboxylic acids is 1. The molecule has 0 spiro atoms. The van der Waals surface area contributed by atoms with Crippen LogP contribution in [-0.2, 0) is 22.6 Å². The SMILES string of the molecule is CCn1nccc1CNCC(=O)N1CCOCC1. The maximum absolute atomic E-state index is 11.9. The molecule has 1 N–H and O–H groups in total. The van der Waals surface area contributed by atoms with Crippen molar-refractivity contribution in [2.24, 2.45) is 0 Å². The van der Waals surface area contributed by atoms with Crippen LogP contribution in [0.5, 0.6) is 0 Å². The number of amides is 1. The highest BCUT2D eigenvalue weighted by molar-refractivity contribution is 5.78. The fourth-order valence-corrected chi connectivity index (χ4v) is 2.02. The van der Waals surface area contributed by atoms with E-state index < -0.39 is 0 Å². The number of ether oxygens (including phenoxy) is 1. The van der Waals surface area contributed by atoms with Gasteiger partial charge in [-0.05, 0) is 13.0 Å². The van der Waals surface area contributed by atoms with Crippen molar-refractivity contribution in [2.75, 3.05) is 32.8 Å². The van der Waals surface area contributed by atoms with Crippen molar-refractivity contribution in [3.63, 3.8) is 0 Å². The topological polar surface area (TPSA) is 59.4 Å². The van der Waals surface area contributed by atoms with Crippen molar-refractivity contribution in [1.82, 2.24) is 20.0 Å². The molecule has 6 nitrogen and oxygen atoms in total. The van der Waals surface area contributed by atoms with Gasteiger partial charge < -0.3 is 15.0 Å². The lowest BCUT2D eigenvalue weighted by Gasteiger charge is -2.26. The fourth-order valence-electron chi connectivity index (χ4n) is 2.02. The Morgan fingerprint density at radius 3 is 3.00 bits per heavy atom. The Kier molecular flexibility index (Phi) is 4.72. The number of rotatable bonds is 5. The lowest BCUT2D eigenvalue weighted by molar-refractivity contribution is -0.134. The summed E-state index contributed by atoms with van der Waals surface area (Å²) >= 11 is 0. The lowest BCUT2D eigenvalue weighted by atomic mass is 10.3. The van der Waals surface area contributed by atoms with Crippen LogP contribution in [0, 0.1) is 0 Å². The minimum atomic E-state index is 0.140. The third-order valence-corrected chi connectivity index (χ3v) is 3.05. The zero-order valence-corrected chi connectivity index (χ0v) is 10.8. The summed E-state index contributed by atoms with van der Waals surface area (Å²) in [6.07, 6.45) is 1.78. The van der Waals surface area contributed by atoms with Gasteiger partial charge in [0.15, 0.2) is 0 Å². The molecule has 1 amide bonds. The molecule has 0 atom stereocenters. The van der Waals surface area contributed by atoms with Crippen LogP contribution in [0.3, 0.4) is 0 Å². The molecule has 1 fully saturated rings. The molecule has 0 saturated carbocycles. The highest BCUT2D eigenvalue weighted by Crippen LogP contribution is 1.99. The maximum atomic E-state index is 11.9. The Morgan fingerprint density at radius 2 is 2.28 bits per heavy atom. The predicted octanol–water partition coefficient (Wildman–Crippen LogP) is -0.149. The number of nitrogens with zero attached hydrogens (tertiary/aromatic N) is 3. The number of morpholine rings is 1. The second kappa shape index (κ2) is 6.51. The summed E-state index contributed by atoms with van der Waals surface area (Å²) in [5.41, 5.74) is 1.10. The van der Waals surface area contributed by atoms with Crippen molar-refractivity contribution in [3.05, 3.63) is 18.0 Å². The number of hydrogen-bond donors (Lipinski definition) is 1. The minimum Gasteiger partial charge on any atom is -0.378 e. The quantitative estimate of drug-likeness (QED) is 0.792. The number of carbonyl (C=O) groups is 1. The molecule has 1 saturated heterocycles. The standard InChI is InChI=1S/C12H20N4O2/c1-2-16-11(3-4-14-16)9-13-10-12(17)15-5-7-18-8-6-15/h3-4,13H,2,5-10H2,1H3. The van der Waals surface area contributed by atoms with Crippen LogP contribution in [0.25, 0.3) is 0 Å². The van der Waals surface area contributed by atoms with E-state index in [1.807, 2.05) is 15.6 Å². The first kappa shape index (κ1) is 13.0. The zero-order valence-electron chi connectivity index (χ0n) is 10.8. The van der Waals surface area contributed by atoms with E-state index in [1.165, 1.54) is 0 Å². The summed E-state index contributed by atoms with van der Waals surface area (Å²) in [5.74, 6) is 0.140. The molecule has 18 heavy (non-hydrogen) atoms. The molecular formula is C12H20N4O2. The first-order valence-corrected chi connectivity index (χ1v) is 6.38. The van der Waals surface area contributed by atoms with E-state index in [-0.39, 0.29) is 5.91 Å². The molecule has 0 bridgehead atoms. The van der Waals surface area contributed by atoms with E-state index in [1.54, 1.807) is 6.20 Å². The van der Waals surface area contributed by atoms with Gasteiger partial charge in [-0.3, -0.25) is 9.48 Å². The van der Waals surface area contributed by atoms with E-state index in [0.717, 1.165) is 12.2 Å². The number of nitrogens with one attached hydrogen (secondary N) is 1. The second-order valence-electron chi connectivity index (χ2n) is 4.24. The van der Waals surface area contributed by atoms with Gasteiger partial charge >= 0.3 is 0 Å². The van der Waals surface area contributed by atoms with Gasteiger partial charge in [-0.1, -0.05) is 0 Å². The van der Waals surface area contributed by atoms with Crippen LogP contribution < -0.4 is 5.32 Å². The third-order valence-electron chi connectivity index (χ3n) is 3.05. The molecule has 100 valence electrons. The van der Waals surface area contributed by atoms with Crippen LogP contribution in [0.15, 0.2) is 12.3 Å². The summed E-state index contributed by atoms with van der Waals surface area (Å²) < 4.78 is 7.14. The Bertz CT molecular complexity index is 385. The van der Waals surface area contributed by atoms with E-state index in [2.05, 4.69) is 17.3 Å². The van der Waals surface area contributed by atoms with E-state index in [0.29, 0.717) is 39.4 Å². The first-order valence-electron chi connectivity index (χ1n) is 6.38. The summed E-state index contributed by atoms with van der Waals surface area (Å²) in [4.78, 5) is 13.7. The summed E-state index contributed by atoms with van der Waals surface area (Å²) in [6.45, 7) is 6.64. The van der Waals surface area contributed by atoms with E-state index in [9.17, 15) is 4.79 Å². The van der Waals surface area contributed by atoms with Gasteiger partial charge in [0.1, 0.15) is 0 Å². The Labute approximate surface area is 107 Å². The molecule has 1 aliphatic rings. The molecule has 6 heteroatoms. The average molecular weight is 252 g/mol. The molecule has 0 aliphatic carbocycles. The summed E-state index contributed by atoms with van der Waals surface area (Å²) in [5, 5.41) is 7.35. The molecule has 2 heterocycles. The molecule has 1 aromatic heterocycles. The molecular weight excluding hydrogens is 232 g/mol. The number of aryl methyl sites for hydroxylation is 1. The van der Waals surface area contributed by atoms with Crippen LogP contribution in [0.2, 0.25) is 0 Å². The largest absolute Gasteiger partial charge is 0.378 e. The van der Waals surface area contributed by atoms with Crippen molar-refractivity contribution >= 4 is 5.91 Å². The van der Waals surface area contributed by atoms with Crippen molar-refractivity contribution in [2.45, 2.75) is 20.0 Å². The van der Waals surface area contributed by atoms with Gasteiger partial charge in [0.2, 0.25) is 5.91 Å². The second-order valence-corrected chi connectivity index (χ2v) is 4.24. The zero-order chi connectivity index (χ0) is 12.8. The molecule has 0 radical (unpaired) electrons. The third kappa shape index (κ3) is 3.30. The van der Waals surface area contributed by atoms with Gasteiger partial charge in [-0.25, -0.2) is 0 Å². The van der Waals surface area contributed by atoms with Crippen LogP contribution in [0.1, 0.15) is 12.6 Å². The van der Waals surface area contributed by atoms with Crippen molar-refractivity contribution in [1.29, 1.82) is 0 Å². The van der Waals surface area contributed by atoms with Gasteiger partial charge in [0.05, 0.1) is 25.5 Å². The first-order chi connectivity index (χ1) is 8.81. The van der Waals surface area contributed by atoms with Gasteiger partial charge in [-0.2, -0.15) is 5.10 Å². The number of hydrogen-bond acceptors (Lipinski definition) is 4. The smallest absolute Gasteiger partial charge is 0.236 e. The molecule has 0 aromatic carbocycles. The highest BCUT2D eigenvalue weighted by Gasteiger charge is 2.16. The molecule has 0 unspecified atom stereocenters. The van der Waals surface area contributed by atoms with Crippen molar-refractivity contribution in [3.8, 4) is 0 Å². The molecule has 2 rings (SSSR count). The fraction of sp³-hybridized carbons (Fsp3) is 0.667. The Hall–Kier alpha value is -1.40. The summed E-state index contributed by atoms with van der Waals surface area (Å²) in [7, 11) is 0. The van der Waals surface area contributed by atoms with E-state index >= 15 is 0 Å². The van der Waals surface area contributed by atoms with Gasteiger partial charge in [0, 0.05) is 32.4 Å². The normalized spacial score (nSPS) is 15.9. The number of aromatic nitrogens is 2. The van der Waals surface area contributed by atoms with Gasteiger partial charge in [-0.15, -0.1) is 0 Å². The predicted molar refractivity (Wildman–Crippen MR) is 67.0 cm³/mol. The minimum absolute atomic E-state index is 0.140. The molecule has 1 aromatic rings. The van der Waals surface area contributed by atoms with Crippen LogP contribution in [-0.4, -0.2) is 53.4 Å². The average Bonchev–Trinajstić information content (AvgIpc) is 2.87. The molecule has 1 aliphatic heterocycles. The Morgan fingerprint density at radius 1 is 1.50 bits per heavy atom. The van der Waals surface area contributed by atoms with Crippen molar-refractivity contribution < 1.29 is 9.53 Å². The van der Waals surface area contributed by atoms with Crippen LogP contribution >= 0.6 is 0 Å². The van der Waals surface area contributed by atoms with Crippen LogP contribution in [0.4, 0.5) is 0 Å². The highest BCUT2D eigenvalue weighted by atomic mass is 16.5.